The summed E-state index contributed by atoms with van der Waals surface area (Å²) in [6.45, 7) is 0. The minimum absolute atomic E-state index is 0.0810. The van der Waals surface area contributed by atoms with Crippen LogP contribution in [0.1, 0.15) is 10.4 Å². The lowest BCUT2D eigenvalue weighted by atomic mass is 10.2. The number of amides is 1. The first kappa shape index (κ1) is 21.0. The summed E-state index contributed by atoms with van der Waals surface area (Å²) in [5.74, 6) is -1.46. The lowest BCUT2D eigenvalue weighted by Crippen LogP contribution is -2.56. The number of carbonyl (C=O) groups is 1. The van der Waals surface area contributed by atoms with E-state index in [4.69, 9.17) is 58.6 Å². The first-order valence-corrected chi connectivity index (χ1v) is 9.04. The molecule has 0 aromatic heterocycles. The van der Waals surface area contributed by atoms with Crippen LogP contribution in [0.4, 0.5) is 10.1 Å². The van der Waals surface area contributed by atoms with Crippen LogP contribution in [-0.2, 0) is 0 Å². The second-order valence-corrected chi connectivity index (χ2v) is 8.25. The van der Waals surface area contributed by atoms with Gasteiger partial charge in [-0.2, -0.15) is 0 Å². The van der Waals surface area contributed by atoms with E-state index in [1.807, 2.05) is 0 Å². The number of alkyl halides is 3. The van der Waals surface area contributed by atoms with Crippen molar-refractivity contribution in [2.75, 3.05) is 5.32 Å². The van der Waals surface area contributed by atoms with Gasteiger partial charge in [-0.3, -0.25) is 4.79 Å². The molecule has 1 atom stereocenters. The highest BCUT2D eigenvalue weighted by Crippen LogP contribution is 2.29. The molecule has 0 heterocycles. The molecule has 4 nitrogen and oxygen atoms in total. The van der Waals surface area contributed by atoms with Crippen LogP contribution in [-0.4, -0.2) is 21.0 Å². The molecule has 0 aliphatic rings. The largest absolute Gasteiger partial charge is 0.339 e. The van der Waals surface area contributed by atoms with Gasteiger partial charge in [-0.15, -0.1) is 0 Å². The number of hydrogen-bond acceptors (Lipinski definition) is 2. The third kappa shape index (κ3) is 6.14. The van der Waals surface area contributed by atoms with Crippen LogP contribution in [0.2, 0.25) is 5.02 Å². The zero-order valence-electron chi connectivity index (χ0n) is 12.9. The van der Waals surface area contributed by atoms with E-state index in [1.165, 1.54) is 18.2 Å². The van der Waals surface area contributed by atoms with Crippen LogP contribution in [0.3, 0.4) is 0 Å². The number of thiocarbonyl (C=S) groups is 1. The topological polar surface area (TPSA) is 53.2 Å². The van der Waals surface area contributed by atoms with Crippen molar-refractivity contribution in [3.05, 3.63) is 64.9 Å². The Hall–Kier alpha value is -1.31. The van der Waals surface area contributed by atoms with E-state index in [9.17, 15) is 9.18 Å². The molecular weight excluding hydrogens is 443 g/mol. The molecule has 0 spiro atoms. The molecule has 2 rings (SSSR count). The highest BCUT2D eigenvalue weighted by atomic mass is 35.6. The maximum Gasteiger partial charge on any atom is 0.255 e. The average Bonchev–Trinajstić information content (AvgIpc) is 2.56. The van der Waals surface area contributed by atoms with Crippen molar-refractivity contribution in [2.24, 2.45) is 0 Å². The van der Waals surface area contributed by atoms with Crippen molar-refractivity contribution in [3.63, 3.8) is 0 Å². The van der Waals surface area contributed by atoms with Gasteiger partial charge >= 0.3 is 0 Å². The average molecular weight is 455 g/mol. The summed E-state index contributed by atoms with van der Waals surface area (Å²) >= 11 is 28.6. The molecule has 0 saturated carbocycles. The first-order chi connectivity index (χ1) is 12.2. The number of carbonyl (C=O) groups excluding carboxylic acids is 1. The monoisotopic (exact) mass is 453 g/mol. The van der Waals surface area contributed by atoms with Crippen LogP contribution >= 0.6 is 58.6 Å². The van der Waals surface area contributed by atoms with Crippen LogP contribution < -0.4 is 16.0 Å². The molecule has 1 amide bonds. The maximum absolute atomic E-state index is 13.7. The van der Waals surface area contributed by atoms with E-state index < -0.39 is 21.7 Å². The molecule has 3 N–H and O–H groups in total. The zero-order valence-corrected chi connectivity index (χ0v) is 16.7. The van der Waals surface area contributed by atoms with E-state index in [2.05, 4.69) is 16.0 Å². The van der Waals surface area contributed by atoms with E-state index in [-0.39, 0.29) is 10.7 Å². The van der Waals surface area contributed by atoms with Crippen molar-refractivity contribution >= 4 is 75.3 Å². The summed E-state index contributed by atoms with van der Waals surface area (Å²) in [6, 6.07) is 12.2. The standard InChI is InChI=1S/C16H12Cl4FN3OS/c17-9-5-7-10(8-6-9)22-15(26)24-14(16(18,19)20)23-13(25)11-3-1-2-4-12(11)21/h1-8,14H,(H,23,25)(H2,22,24,26)/t14-/m0/s1. The summed E-state index contributed by atoms with van der Waals surface area (Å²) in [6.07, 6.45) is -1.22. The lowest BCUT2D eigenvalue weighted by Gasteiger charge is -2.27. The summed E-state index contributed by atoms with van der Waals surface area (Å²) in [5, 5.41) is 8.58. The SMILES string of the molecule is O=C(N[C@@H](NC(=S)Nc1ccc(Cl)cc1)C(Cl)(Cl)Cl)c1ccccc1F. The van der Waals surface area contributed by atoms with Gasteiger partial charge in [0.05, 0.1) is 5.56 Å². The van der Waals surface area contributed by atoms with E-state index >= 15 is 0 Å². The Morgan fingerprint density at radius 3 is 2.23 bits per heavy atom. The number of hydrogen-bond donors (Lipinski definition) is 3. The summed E-state index contributed by atoms with van der Waals surface area (Å²) < 4.78 is 11.8. The zero-order chi connectivity index (χ0) is 19.3. The van der Waals surface area contributed by atoms with Gasteiger partial charge in [0.2, 0.25) is 3.79 Å². The van der Waals surface area contributed by atoms with Gasteiger partial charge in [0.25, 0.3) is 5.91 Å². The molecule has 0 radical (unpaired) electrons. The van der Waals surface area contributed by atoms with Gasteiger partial charge in [0, 0.05) is 10.7 Å². The number of benzene rings is 2. The third-order valence-corrected chi connectivity index (χ3v) is 4.23. The normalized spacial score (nSPS) is 12.2. The Labute approximate surface area is 174 Å². The van der Waals surface area contributed by atoms with E-state index in [0.717, 1.165) is 6.07 Å². The van der Waals surface area contributed by atoms with Crippen molar-refractivity contribution in [1.82, 2.24) is 10.6 Å². The molecule has 0 aliphatic carbocycles. The number of anilines is 1. The molecule has 0 unspecified atom stereocenters. The summed E-state index contributed by atoms with van der Waals surface area (Å²) in [7, 11) is 0. The molecule has 0 aliphatic heterocycles. The Bertz CT molecular complexity index is 799. The fraction of sp³-hybridized carbons (Fsp3) is 0.125. The van der Waals surface area contributed by atoms with Crippen molar-refractivity contribution in [3.8, 4) is 0 Å². The first-order valence-electron chi connectivity index (χ1n) is 7.12. The van der Waals surface area contributed by atoms with E-state index in [0.29, 0.717) is 10.7 Å². The molecule has 138 valence electrons. The lowest BCUT2D eigenvalue weighted by molar-refractivity contribution is 0.0930. The molecule has 2 aromatic carbocycles. The Balaban J connectivity index is 2.07. The van der Waals surface area contributed by atoms with Crippen LogP contribution in [0.25, 0.3) is 0 Å². The van der Waals surface area contributed by atoms with E-state index in [1.54, 1.807) is 24.3 Å². The predicted molar refractivity (Wildman–Crippen MR) is 109 cm³/mol. The van der Waals surface area contributed by atoms with Crippen molar-refractivity contribution in [2.45, 2.75) is 9.96 Å². The Morgan fingerprint density at radius 2 is 1.65 bits per heavy atom. The molecule has 0 bridgehead atoms. The maximum atomic E-state index is 13.7. The quantitative estimate of drug-likeness (QED) is 0.349. The fourth-order valence-corrected chi connectivity index (χ4v) is 2.57. The highest BCUT2D eigenvalue weighted by Gasteiger charge is 2.35. The second kappa shape index (κ2) is 9.06. The fourth-order valence-electron chi connectivity index (χ4n) is 1.89. The van der Waals surface area contributed by atoms with Crippen LogP contribution in [0.5, 0.6) is 0 Å². The minimum atomic E-state index is -1.95. The Morgan fingerprint density at radius 1 is 1.04 bits per heavy atom. The smallest absolute Gasteiger partial charge is 0.255 e. The molecule has 26 heavy (non-hydrogen) atoms. The summed E-state index contributed by atoms with van der Waals surface area (Å²) in [4.78, 5) is 12.3. The molecular formula is C16H12Cl4FN3OS. The van der Waals surface area contributed by atoms with Gasteiger partial charge in [0.15, 0.2) is 5.11 Å². The third-order valence-electron chi connectivity index (χ3n) is 3.10. The number of rotatable bonds is 4. The molecule has 0 fully saturated rings. The highest BCUT2D eigenvalue weighted by molar-refractivity contribution is 7.80. The Kier molecular flexibility index (Phi) is 7.32. The molecule has 0 saturated heterocycles. The van der Waals surface area contributed by atoms with Gasteiger partial charge in [-0.25, -0.2) is 4.39 Å². The van der Waals surface area contributed by atoms with Crippen molar-refractivity contribution < 1.29 is 9.18 Å². The van der Waals surface area contributed by atoms with Gasteiger partial charge in [-0.1, -0.05) is 58.5 Å². The van der Waals surface area contributed by atoms with Crippen LogP contribution in [0, 0.1) is 5.82 Å². The molecule has 2 aromatic rings. The second-order valence-electron chi connectivity index (χ2n) is 5.03. The minimum Gasteiger partial charge on any atom is -0.339 e. The number of nitrogens with one attached hydrogen (secondary N) is 3. The molecule has 10 heteroatoms. The van der Waals surface area contributed by atoms with Gasteiger partial charge in [-0.05, 0) is 48.6 Å². The van der Waals surface area contributed by atoms with Crippen LogP contribution in [0.15, 0.2) is 48.5 Å². The predicted octanol–water partition coefficient (Wildman–Crippen LogP) is 4.89. The van der Waals surface area contributed by atoms with Crippen molar-refractivity contribution in [1.29, 1.82) is 0 Å². The summed E-state index contributed by atoms with van der Waals surface area (Å²) in [5.41, 5.74) is 0.445. The van der Waals surface area contributed by atoms with Gasteiger partial charge in [0.1, 0.15) is 12.0 Å². The van der Waals surface area contributed by atoms with Gasteiger partial charge < -0.3 is 16.0 Å². The number of halogens is 5.